The zero-order chi connectivity index (χ0) is 23.4. The maximum atomic E-state index is 12.6. The van der Waals surface area contributed by atoms with Crippen molar-refractivity contribution in [3.8, 4) is 0 Å². The van der Waals surface area contributed by atoms with Gasteiger partial charge in [-0.15, -0.1) is 0 Å². The number of aliphatic carboxylic acids is 1. The zero-order valence-electron chi connectivity index (χ0n) is 19.2. The van der Waals surface area contributed by atoms with Crippen LogP contribution in [0.4, 0.5) is 9.59 Å². The lowest BCUT2D eigenvalue weighted by molar-refractivity contribution is -0.143. The van der Waals surface area contributed by atoms with E-state index < -0.39 is 29.8 Å². The number of carbonyl (C=O) groups excluding carboxylic acids is 2. The van der Waals surface area contributed by atoms with Crippen molar-refractivity contribution >= 4 is 18.2 Å². The van der Waals surface area contributed by atoms with E-state index in [1.807, 2.05) is 44.2 Å². The molecule has 31 heavy (non-hydrogen) atoms. The molecule has 2 N–H and O–H groups in total. The van der Waals surface area contributed by atoms with Gasteiger partial charge in [-0.2, -0.15) is 0 Å². The topological polar surface area (TPSA) is 105 Å². The first-order chi connectivity index (χ1) is 14.5. The Labute approximate surface area is 184 Å². The number of hydrogen-bond donors (Lipinski definition) is 2. The maximum absolute atomic E-state index is 12.6. The summed E-state index contributed by atoms with van der Waals surface area (Å²) < 4.78 is 10.6. The lowest BCUT2D eigenvalue weighted by Crippen LogP contribution is -2.48. The van der Waals surface area contributed by atoms with Gasteiger partial charge in [-0.3, -0.25) is 4.90 Å². The fourth-order valence-electron chi connectivity index (χ4n) is 2.87. The van der Waals surface area contributed by atoms with Gasteiger partial charge in [0.05, 0.1) is 0 Å². The average molecular weight is 437 g/mol. The molecule has 0 unspecified atom stereocenters. The van der Waals surface area contributed by atoms with Crippen molar-refractivity contribution in [2.45, 2.75) is 72.1 Å². The van der Waals surface area contributed by atoms with Crippen molar-refractivity contribution in [3.05, 3.63) is 35.9 Å². The molecule has 1 aromatic carbocycles. The monoisotopic (exact) mass is 436 g/mol. The number of benzene rings is 1. The van der Waals surface area contributed by atoms with E-state index in [2.05, 4.69) is 5.32 Å². The Kier molecular flexibility index (Phi) is 10.9. The predicted molar refractivity (Wildman–Crippen MR) is 118 cm³/mol. The number of amides is 2. The molecule has 1 rings (SSSR count). The summed E-state index contributed by atoms with van der Waals surface area (Å²) in [5, 5.41) is 12.3. The first-order valence-corrected chi connectivity index (χ1v) is 10.7. The Hall–Kier alpha value is -2.77. The summed E-state index contributed by atoms with van der Waals surface area (Å²) in [5.74, 6) is -0.950. The van der Waals surface area contributed by atoms with Crippen LogP contribution in [0.3, 0.4) is 0 Å². The van der Waals surface area contributed by atoms with Crippen molar-refractivity contribution in [1.29, 1.82) is 0 Å². The standard InChI is InChI=1S/C23H36N2O6/c1-17(2)15-19(20(26)27)25(22(29)31-23(3,4)5)14-10-9-13-24-21(28)30-16-18-11-7-6-8-12-18/h6-8,11-12,17,19H,9-10,13-16H2,1-5H3,(H,24,28)(H,26,27)/t19-/m1/s1. The molecule has 0 radical (unpaired) electrons. The summed E-state index contributed by atoms with van der Waals surface area (Å²) in [5.41, 5.74) is 0.177. The highest BCUT2D eigenvalue weighted by atomic mass is 16.6. The minimum absolute atomic E-state index is 0.104. The van der Waals surface area contributed by atoms with Gasteiger partial charge in [-0.1, -0.05) is 44.2 Å². The Balaban J connectivity index is 2.52. The number of nitrogens with zero attached hydrogens (tertiary/aromatic N) is 1. The second-order valence-electron chi connectivity index (χ2n) is 8.85. The largest absolute Gasteiger partial charge is 0.480 e. The molecule has 0 aromatic heterocycles. The van der Waals surface area contributed by atoms with Crippen LogP contribution in [0, 0.1) is 5.92 Å². The van der Waals surface area contributed by atoms with Crippen LogP contribution in [-0.4, -0.2) is 52.9 Å². The number of ether oxygens (including phenoxy) is 2. The summed E-state index contributed by atoms with van der Waals surface area (Å²) in [6, 6.07) is 8.41. The fourth-order valence-corrected chi connectivity index (χ4v) is 2.87. The Morgan fingerprint density at radius 2 is 1.74 bits per heavy atom. The molecular formula is C23H36N2O6. The van der Waals surface area contributed by atoms with Gasteiger partial charge in [-0.05, 0) is 51.5 Å². The third-order valence-electron chi connectivity index (χ3n) is 4.29. The van der Waals surface area contributed by atoms with Crippen molar-refractivity contribution in [2.24, 2.45) is 5.92 Å². The van der Waals surface area contributed by atoms with Gasteiger partial charge in [0.1, 0.15) is 18.2 Å². The van der Waals surface area contributed by atoms with Gasteiger partial charge in [0.25, 0.3) is 0 Å². The molecule has 0 bridgehead atoms. The molecule has 1 aromatic rings. The highest BCUT2D eigenvalue weighted by molar-refractivity contribution is 5.80. The normalized spacial score (nSPS) is 12.2. The van der Waals surface area contributed by atoms with Crippen molar-refractivity contribution < 1.29 is 29.0 Å². The molecule has 0 spiro atoms. The predicted octanol–water partition coefficient (Wildman–Crippen LogP) is 4.43. The lowest BCUT2D eigenvalue weighted by Gasteiger charge is -2.32. The molecular weight excluding hydrogens is 400 g/mol. The van der Waals surface area contributed by atoms with E-state index in [1.54, 1.807) is 20.8 Å². The average Bonchev–Trinajstić information content (AvgIpc) is 2.66. The number of hydrogen-bond acceptors (Lipinski definition) is 5. The number of unbranched alkanes of at least 4 members (excludes halogenated alkanes) is 1. The van der Waals surface area contributed by atoms with Crippen molar-refractivity contribution in [2.75, 3.05) is 13.1 Å². The molecule has 174 valence electrons. The molecule has 8 nitrogen and oxygen atoms in total. The molecule has 0 aliphatic rings. The van der Waals surface area contributed by atoms with Gasteiger partial charge < -0.3 is 19.9 Å². The van der Waals surface area contributed by atoms with Crippen LogP contribution in [0.1, 0.15) is 59.4 Å². The number of alkyl carbamates (subject to hydrolysis) is 1. The molecule has 0 aliphatic carbocycles. The second kappa shape index (κ2) is 12.8. The van der Waals surface area contributed by atoms with E-state index >= 15 is 0 Å². The van der Waals surface area contributed by atoms with Crippen LogP contribution in [0.2, 0.25) is 0 Å². The van der Waals surface area contributed by atoms with Crippen LogP contribution in [0.5, 0.6) is 0 Å². The second-order valence-corrected chi connectivity index (χ2v) is 8.85. The van der Waals surface area contributed by atoms with Gasteiger partial charge in [0, 0.05) is 13.1 Å². The van der Waals surface area contributed by atoms with Crippen LogP contribution < -0.4 is 5.32 Å². The first kappa shape index (κ1) is 26.3. The fraction of sp³-hybridized carbons (Fsp3) is 0.609. The third-order valence-corrected chi connectivity index (χ3v) is 4.29. The van der Waals surface area contributed by atoms with Gasteiger partial charge in [0.15, 0.2) is 0 Å². The Morgan fingerprint density at radius 3 is 2.29 bits per heavy atom. The highest BCUT2D eigenvalue weighted by Crippen LogP contribution is 2.18. The summed E-state index contributed by atoms with van der Waals surface area (Å²) in [6.45, 7) is 9.82. The SMILES string of the molecule is CC(C)C[C@H](C(=O)O)N(CCCCNC(=O)OCc1ccccc1)C(=O)OC(C)(C)C. The Morgan fingerprint density at radius 1 is 1.10 bits per heavy atom. The molecule has 0 saturated heterocycles. The highest BCUT2D eigenvalue weighted by Gasteiger charge is 2.33. The molecule has 2 amide bonds. The maximum Gasteiger partial charge on any atom is 0.411 e. The number of nitrogens with one attached hydrogen (secondary N) is 1. The van der Waals surface area contributed by atoms with Gasteiger partial charge in [-0.25, -0.2) is 14.4 Å². The summed E-state index contributed by atoms with van der Waals surface area (Å²) in [7, 11) is 0. The molecule has 0 fully saturated rings. The van der Waals surface area contributed by atoms with E-state index in [1.165, 1.54) is 4.90 Å². The van der Waals surface area contributed by atoms with E-state index in [4.69, 9.17) is 9.47 Å². The zero-order valence-corrected chi connectivity index (χ0v) is 19.2. The third kappa shape index (κ3) is 11.3. The van der Waals surface area contributed by atoms with E-state index in [0.29, 0.717) is 25.8 Å². The quantitative estimate of drug-likeness (QED) is 0.497. The van der Waals surface area contributed by atoms with Crippen LogP contribution in [0.15, 0.2) is 30.3 Å². The van der Waals surface area contributed by atoms with Crippen molar-refractivity contribution in [3.63, 3.8) is 0 Å². The number of carboxylic acids is 1. The first-order valence-electron chi connectivity index (χ1n) is 10.7. The van der Waals surface area contributed by atoms with Gasteiger partial charge in [0.2, 0.25) is 0 Å². The summed E-state index contributed by atoms with van der Waals surface area (Å²) in [6.07, 6.45) is 0.249. The number of rotatable bonds is 11. The summed E-state index contributed by atoms with van der Waals surface area (Å²) >= 11 is 0. The van der Waals surface area contributed by atoms with E-state index in [-0.39, 0.29) is 19.1 Å². The van der Waals surface area contributed by atoms with Crippen LogP contribution in [0.25, 0.3) is 0 Å². The van der Waals surface area contributed by atoms with E-state index in [0.717, 1.165) is 5.56 Å². The van der Waals surface area contributed by atoms with Crippen LogP contribution in [-0.2, 0) is 20.9 Å². The minimum Gasteiger partial charge on any atom is -0.480 e. The molecule has 0 aliphatic heterocycles. The summed E-state index contributed by atoms with van der Waals surface area (Å²) in [4.78, 5) is 37.5. The van der Waals surface area contributed by atoms with E-state index in [9.17, 15) is 19.5 Å². The number of carbonyl (C=O) groups is 3. The smallest absolute Gasteiger partial charge is 0.411 e. The Bertz CT molecular complexity index is 700. The lowest BCUT2D eigenvalue weighted by atomic mass is 10.0. The van der Waals surface area contributed by atoms with Crippen LogP contribution >= 0.6 is 0 Å². The number of carboxylic acid groups (broad SMARTS) is 1. The van der Waals surface area contributed by atoms with Gasteiger partial charge >= 0.3 is 18.2 Å². The molecule has 1 atom stereocenters. The molecule has 0 heterocycles. The molecule has 8 heteroatoms. The van der Waals surface area contributed by atoms with Crippen molar-refractivity contribution in [1.82, 2.24) is 10.2 Å². The minimum atomic E-state index is -1.05. The molecule has 0 saturated carbocycles.